The fourth-order valence-corrected chi connectivity index (χ4v) is 5.32. The Morgan fingerprint density at radius 1 is 0.938 bits per heavy atom. The number of nitrogens with zero attached hydrogens (tertiary/aromatic N) is 1. The third-order valence-electron chi connectivity index (χ3n) is 6.62. The minimum atomic E-state index is -0.839. The average Bonchev–Trinajstić information content (AvgIpc) is 2.81. The van der Waals surface area contributed by atoms with E-state index in [4.69, 9.17) is 0 Å². The van der Waals surface area contributed by atoms with Gasteiger partial charge in [0.1, 0.15) is 0 Å². The molecule has 4 rings (SSSR count). The van der Waals surface area contributed by atoms with Crippen molar-refractivity contribution in [1.29, 1.82) is 0 Å². The van der Waals surface area contributed by atoms with Gasteiger partial charge in [-0.1, -0.05) is 98.5 Å². The molecule has 0 aliphatic heterocycles. The number of hydrogen-bond acceptors (Lipinski definition) is 2. The lowest BCUT2D eigenvalue weighted by molar-refractivity contribution is -0.385. The van der Waals surface area contributed by atoms with Gasteiger partial charge < -0.3 is 0 Å². The Balaban J connectivity index is 2.33. The van der Waals surface area contributed by atoms with Crippen LogP contribution in [0.5, 0.6) is 0 Å². The molecule has 2 atom stereocenters. The molecule has 1 aliphatic carbocycles. The van der Waals surface area contributed by atoms with E-state index in [1.807, 2.05) is 55.5 Å². The first-order valence-electron chi connectivity index (χ1n) is 10.9. The van der Waals surface area contributed by atoms with E-state index in [9.17, 15) is 10.1 Å². The van der Waals surface area contributed by atoms with Crippen molar-refractivity contribution in [2.24, 2.45) is 0 Å². The highest BCUT2D eigenvalue weighted by Gasteiger charge is 2.49. The molecule has 1 aliphatic rings. The second kappa shape index (κ2) is 8.43. The van der Waals surface area contributed by atoms with Crippen LogP contribution in [-0.4, -0.2) is 4.92 Å². The second-order valence-corrected chi connectivity index (χ2v) is 8.22. The van der Waals surface area contributed by atoms with Crippen LogP contribution in [0.15, 0.2) is 109 Å². The zero-order chi connectivity index (χ0) is 22.9. The van der Waals surface area contributed by atoms with Gasteiger partial charge in [0.05, 0.1) is 10.3 Å². The molecule has 2 unspecified atom stereocenters. The lowest BCUT2D eigenvalue weighted by Gasteiger charge is -2.45. The van der Waals surface area contributed by atoms with E-state index < -0.39 is 5.41 Å². The van der Waals surface area contributed by atoms with E-state index in [-0.39, 0.29) is 16.5 Å². The number of benzene rings is 3. The van der Waals surface area contributed by atoms with Gasteiger partial charge in [-0.25, -0.2) is 0 Å². The summed E-state index contributed by atoms with van der Waals surface area (Å²) < 4.78 is 0. The van der Waals surface area contributed by atoms with E-state index in [1.165, 1.54) is 0 Å². The number of rotatable bonds is 5. The number of nitro groups is 1. The number of fused-ring (bicyclic) bond motifs is 1. The first-order chi connectivity index (χ1) is 15.5. The Bertz CT molecular complexity index is 1270. The SMILES string of the molecule is C=CC1=C(/C=C\C)C(c2ccccc2C)(c2ccccc2[N+](=O)[O-])c2ccccc2C1C. The molecule has 0 bridgehead atoms. The van der Waals surface area contributed by atoms with Crippen molar-refractivity contribution in [3.63, 3.8) is 0 Å². The molecule has 3 aromatic rings. The Labute approximate surface area is 189 Å². The van der Waals surface area contributed by atoms with Crippen LogP contribution >= 0.6 is 0 Å². The van der Waals surface area contributed by atoms with E-state index in [1.54, 1.807) is 12.1 Å². The standard InChI is InChI=1S/C29H27NO2/c1-5-13-25-22(6-2)21(4)23-15-8-10-17-26(23)29(25,24-16-9-7-14-20(24)3)27-18-11-12-19-28(27)30(31)32/h5-19,21H,2H2,1,3-4H3/b13-5-. The van der Waals surface area contributed by atoms with Crippen molar-refractivity contribution >= 4 is 5.69 Å². The van der Waals surface area contributed by atoms with Gasteiger partial charge in [0.25, 0.3) is 5.69 Å². The summed E-state index contributed by atoms with van der Waals surface area (Å²) in [5.74, 6) is 0.120. The molecule has 0 saturated heterocycles. The van der Waals surface area contributed by atoms with Crippen LogP contribution in [0.2, 0.25) is 0 Å². The van der Waals surface area contributed by atoms with E-state index in [2.05, 4.69) is 50.8 Å². The Morgan fingerprint density at radius 3 is 2.16 bits per heavy atom. The third-order valence-corrected chi connectivity index (χ3v) is 6.62. The van der Waals surface area contributed by atoms with Crippen molar-refractivity contribution in [3.8, 4) is 0 Å². The molecule has 0 saturated carbocycles. The summed E-state index contributed by atoms with van der Waals surface area (Å²) in [6.45, 7) is 10.4. The predicted molar refractivity (Wildman–Crippen MR) is 131 cm³/mol. The van der Waals surface area contributed by atoms with Gasteiger partial charge in [0.15, 0.2) is 0 Å². The zero-order valence-electron chi connectivity index (χ0n) is 18.7. The maximum atomic E-state index is 12.3. The van der Waals surface area contributed by atoms with E-state index in [0.29, 0.717) is 5.56 Å². The van der Waals surface area contributed by atoms with Gasteiger partial charge in [-0.15, -0.1) is 0 Å². The Morgan fingerprint density at radius 2 is 1.53 bits per heavy atom. The quantitative estimate of drug-likeness (QED) is 0.318. The normalized spacial score (nSPS) is 20.3. The highest BCUT2D eigenvalue weighted by atomic mass is 16.6. The molecule has 3 nitrogen and oxygen atoms in total. The summed E-state index contributed by atoms with van der Waals surface area (Å²) in [6, 6.07) is 23.7. The van der Waals surface area contributed by atoms with Gasteiger partial charge in [-0.2, -0.15) is 0 Å². The topological polar surface area (TPSA) is 43.1 Å². The van der Waals surface area contributed by atoms with Gasteiger partial charge in [0.2, 0.25) is 0 Å². The Kier molecular flexibility index (Phi) is 5.67. The summed E-state index contributed by atoms with van der Waals surface area (Å²) >= 11 is 0. The maximum absolute atomic E-state index is 12.3. The van der Waals surface area contributed by atoms with Crippen molar-refractivity contribution in [3.05, 3.63) is 147 Å². The molecule has 3 heteroatoms. The van der Waals surface area contributed by atoms with Crippen LogP contribution in [0, 0.1) is 17.0 Å². The maximum Gasteiger partial charge on any atom is 0.274 e. The molecule has 0 spiro atoms. The summed E-state index contributed by atoms with van der Waals surface area (Å²) in [7, 11) is 0. The monoisotopic (exact) mass is 421 g/mol. The van der Waals surface area contributed by atoms with Crippen LogP contribution in [0.1, 0.15) is 47.6 Å². The zero-order valence-corrected chi connectivity index (χ0v) is 18.7. The van der Waals surface area contributed by atoms with Gasteiger partial charge >= 0.3 is 0 Å². The van der Waals surface area contributed by atoms with E-state index in [0.717, 1.165) is 33.4 Å². The summed E-state index contributed by atoms with van der Waals surface area (Å²) in [5.41, 5.74) is 6.44. The number of para-hydroxylation sites is 1. The third kappa shape index (κ3) is 3.04. The molecular weight excluding hydrogens is 394 g/mol. The molecule has 0 N–H and O–H groups in total. The van der Waals surface area contributed by atoms with Gasteiger partial charge in [0, 0.05) is 17.5 Å². The van der Waals surface area contributed by atoms with Crippen LogP contribution in [0.4, 0.5) is 5.69 Å². The number of allylic oxidation sites excluding steroid dienone is 5. The molecule has 32 heavy (non-hydrogen) atoms. The lowest BCUT2D eigenvalue weighted by atomic mass is 9.56. The van der Waals surface area contributed by atoms with E-state index >= 15 is 0 Å². The molecular formula is C29H27NO2. The predicted octanol–water partition coefficient (Wildman–Crippen LogP) is 7.41. The average molecular weight is 422 g/mol. The first kappa shape index (κ1) is 21.5. The molecule has 3 aromatic carbocycles. The molecule has 160 valence electrons. The fraction of sp³-hybridized carbons (Fsp3) is 0.172. The highest BCUT2D eigenvalue weighted by molar-refractivity contribution is 5.73. The smallest absolute Gasteiger partial charge is 0.258 e. The fourth-order valence-electron chi connectivity index (χ4n) is 5.32. The minimum Gasteiger partial charge on any atom is -0.258 e. The number of aryl methyl sites for hydroxylation is 1. The van der Waals surface area contributed by atoms with Crippen LogP contribution in [-0.2, 0) is 5.41 Å². The second-order valence-electron chi connectivity index (χ2n) is 8.22. The van der Waals surface area contributed by atoms with Gasteiger partial charge in [-0.3, -0.25) is 10.1 Å². The minimum absolute atomic E-state index is 0.116. The van der Waals surface area contributed by atoms with Crippen molar-refractivity contribution in [2.45, 2.75) is 32.1 Å². The Hall–Kier alpha value is -3.72. The summed E-state index contributed by atoms with van der Waals surface area (Å²) in [6.07, 6.45) is 6.03. The molecule has 0 fully saturated rings. The molecule has 0 radical (unpaired) electrons. The molecule has 0 aromatic heterocycles. The van der Waals surface area contributed by atoms with Crippen molar-refractivity contribution in [2.75, 3.05) is 0 Å². The largest absolute Gasteiger partial charge is 0.274 e. The highest BCUT2D eigenvalue weighted by Crippen LogP contribution is 2.56. The summed E-state index contributed by atoms with van der Waals surface area (Å²) in [5, 5.41) is 12.3. The van der Waals surface area contributed by atoms with Crippen LogP contribution in [0.25, 0.3) is 0 Å². The molecule has 0 heterocycles. The van der Waals surface area contributed by atoms with Crippen molar-refractivity contribution in [1.82, 2.24) is 0 Å². The van der Waals surface area contributed by atoms with Crippen LogP contribution < -0.4 is 0 Å². The molecule has 0 amide bonds. The van der Waals surface area contributed by atoms with Crippen molar-refractivity contribution < 1.29 is 4.92 Å². The first-order valence-corrected chi connectivity index (χ1v) is 10.9. The lowest BCUT2D eigenvalue weighted by Crippen LogP contribution is -2.38. The summed E-state index contributed by atoms with van der Waals surface area (Å²) in [4.78, 5) is 12.0. The number of nitro benzene ring substituents is 1. The number of hydrogen-bond donors (Lipinski definition) is 0. The van der Waals surface area contributed by atoms with Gasteiger partial charge in [-0.05, 0) is 47.2 Å². The van der Waals surface area contributed by atoms with Crippen LogP contribution in [0.3, 0.4) is 0 Å².